The lowest BCUT2D eigenvalue weighted by Crippen LogP contribution is -2.08. The quantitative estimate of drug-likeness (QED) is 0.827. The van der Waals surface area contributed by atoms with Gasteiger partial charge in [0, 0.05) is 11.1 Å². The summed E-state index contributed by atoms with van der Waals surface area (Å²) in [4.78, 5) is 10.7. The van der Waals surface area contributed by atoms with Crippen LogP contribution in [0.2, 0.25) is 0 Å². The van der Waals surface area contributed by atoms with Crippen LogP contribution in [0.3, 0.4) is 0 Å². The smallest absolute Gasteiger partial charge is 0.433 e. The Morgan fingerprint density at radius 1 is 1.26 bits per heavy atom. The lowest BCUT2D eigenvalue weighted by atomic mass is 10.0. The van der Waals surface area contributed by atoms with E-state index in [2.05, 4.69) is 5.10 Å². The fraction of sp³-hybridized carbons (Fsp3) is 0.0909. The predicted octanol–water partition coefficient (Wildman–Crippen LogP) is 2.93. The maximum Gasteiger partial charge on any atom is 0.433 e. The molecule has 0 unspecified atom stereocenters. The van der Waals surface area contributed by atoms with Crippen LogP contribution in [-0.4, -0.2) is 21.3 Å². The van der Waals surface area contributed by atoms with Gasteiger partial charge < -0.3 is 5.11 Å². The van der Waals surface area contributed by atoms with E-state index in [4.69, 9.17) is 5.11 Å². The first-order valence-electron chi connectivity index (χ1n) is 4.95. The largest absolute Gasteiger partial charge is 0.478 e. The second kappa shape index (κ2) is 4.38. The minimum Gasteiger partial charge on any atom is -0.478 e. The number of rotatable bonds is 2. The van der Waals surface area contributed by atoms with Gasteiger partial charge in [-0.2, -0.15) is 18.3 Å². The number of carbonyl (C=O) groups is 1. The number of hydrogen-bond donors (Lipinski definition) is 2. The number of nitrogens with one attached hydrogen (secondary N) is 1. The third kappa shape index (κ3) is 2.28. The standard InChI is InChI=1S/C11H6F4N2O2/c12-8-5(2-1-3-6(8)10(18)19)7-4-16-17-9(7)11(13,14)15/h1-4H,(H,16,17)(H,18,19). The molecule has 1 aromatic carbocycles. The first-order valence-corrected chi connectivity index (χ1v) is 4.95. The van der Waals surface area contributed by atoms with Crippen LogP contribution in [0.5, 0.6) is 0 Å². The van der Waals surface area contributed by atoms with Crippen LogP contribution in [0.25, 0.3) is 11.1 Å². The third-order valence-corrected chi connectivity index (χ3v) is 2.44. The zero-order chi connectivity index (χ0) is 14.2. The molecule has 0 aliphatic rings. The average molecular weight is 274 g/mol. The number of carboxylic acid groups (broad SMARTS) is 1. The maximum absolute atomic E-state index is 13.9. The second-order valence-electron chi connectivity index (χ2n) is 3.63. The van der Waals surface area contributed by atoms with Crippen LogP contribution in [0.4, 0.5) is 17.6 Å². The summed E-state index contributed by atoms with van der Waals surface area (Å²) in [5, 5.41) is 13.7. The Kier molecular flexibility index (Phi) is 3.01. The summed E-state index contributed by atoms with van der Waals surface area (Å²) in [6.07, 6.45) is -3.94. The van der Waals surface area contributed by atoms with Crippen LogP contribution in [0.1, 0.15) is 16.1 Å². The zero-order valence-electron chi connectivity index (χ0n) is 9.12. The maximum atomic E-state index is 13.9. The Bertz CT molecular complexity index is 634. The first kappa shape index (κ1) is 13.1. The van der Waals surface area contributed by atoms with E-state index in [1.807, 2.05) is 0 Å². The number of aromatic carboxylic acids is 1. The highest BCUT2D eigenvalue weighted by molar-refractivity contribution is 5.90. The monoisotopic (exact) mass is 274 g/mol. The molecular formula is C11H6F4N2O2. The molecule has 1 heterocycles. The number of hydrogen-bond acceptors (Lipinski definition) is 2. The fourth-order valence-electron chi connectivity index (χ4n) is 1.61. The summed E-state index contributed by atoms with van der Waals surface area (Å²) in [5.41, 5.74) is -2.94. The van der Waals surface area contributed by atoms with Crippen molar-refractivity contribution in [3.8, 4) is 11.1 Å². The van der Waals surface area contributed by atoms with Gasteiger partial charge in [0.2, 0.25) is 0 Å². The molecule has 4 nitrogen and oxygen atoms in total. The topological polar surface area (TPSA) is 66.0 Å². The van der Waals surface area contributed by atoms with Crippen molar-refractivity contribution in [1.29, 1.82) is 0 Å². The number of aromatic amines is 1. The van der Waals surface area contributed by atoms with Gasteiger partial charge >= 0.3 is 12.1 Å². The van der Waals surface area contributed by atoms with Crippen LogP contribution in [0, 0.1) is 5.82 Å². The fourth-order valence-corrected chi connectivity index (χ4v) is 1.61. The Hall–Kier alpha value is -2.38. The number of carboxylic acids is 1. The molecule has 0 radical (unpaired) electrons. The van der Waals surface area contributed by atoms with Gasteiger partial charge in [-0.1, -0.05) is 12.1 Å². The number of nitrogens with zero attached hydrogens (tertiary/aromatic N) is 1. The van der Waals surface area contributed by atoms with Crippen molar-refractivity contribution in [3.63, 3.8) is 0 Å². The van der Waals surface area contributed by atoms with E-state index >= 15 is 0 Å². The highest BCUT2D eigenvalue weighted by Gasteiger charge is 2.36. The van der Waals surface area contributed by atoms with E-state index in [0.717, 1.165) is 24.4 Å². The van der Waals surface area contributed by atoms with E-state index in [0.29, 0.717) is 0 Å². The van der Waals surface area contributed by atoms with Crippen LogP contribution in [-0.2, 0) is 6.18 Å². The van der Waals surface area contributed by atoms with E-state index in [1.54, 1.807) is 5.10 Å². The Balaban J connectivity index is 2.64. The normalized spacial score (nSPS) is 11.6. The molecule has 0 aliphatic carbocycles. The molecule has 19 heavy (non-hydrogen) atoms. The van der Waals surface area contributed by atoms with E-state index in [-0.39, 0.29) is 0 Å². The van der Waals surface area contributed by atoms with E-state index in [9.17, 15) is 22.4 Å². The summed E-state index contributed by atoms with van der Waals surface area (Å²) in [6, 6.07) is 3.19. The van der Waals surface area contributed by atoms with Crippen LogP contribution >= 0.6 is 0 Å². The molecule has 100 valence electrons. The number of aromatic nitrogens is 2. The van der Waals surface area contributed by atoms with Gasteiger partial charge in [0.25, 0.3) is 0 Å². The molecule has 0 aliphatic heterocycles. The first-order chi connectivity index (χ1) is 8.82. The van der Waals surface area contributed by atoms with Gasteiger partial charge in [-0.05, 0) is 6.07 Å². The molecule has 0 amide bonds. The summed E-state index contributed by atoms with van der Waals surface area (Å²) < 4.78 is 51.8. The molecule has 0 atom stereocenters. The third-order valence-electron chi connectivity index (χ3n) is 2.44. The number of halogens is 4. The number of H-pyrrole nitrogens is 1. The number of benzene rings is 1. The van der Waals surface area contributed by atoms with Gasteiger partial charge in [-0.15, -0.1) is 0 Å². The van der Waals surface area contributed by atoms with Gasteiger partial charge in [-0.25, -0.2) is 9.18 Å². The summed E-state index contributed by atoms with van der Waals surface area (Å²) in [6.45, 7) is 0. The second-order valence-corrected chi connectivity index (χ2v) is 3.63. The summed E-state index contributed by atoms with van der Waals surface area (Å²) >= 11 is 0. The predicted molar refractivity (Wildman–Crippen MR) is 55.9 cm³/mol. The molecule has 8 heteroatoms. The Labute approximate surface area is 103 Å². The minimum absolute atomic E-state index is 0.471. The van der Waals surface area contributed by atoms with E-state index in [1.165, 1.54) is 0 Å². The van der Waals surface area contributed by atoms with Crippen LogP contribution < -0.4 is 0 Å². The molecule has 2 N–H and O–H groups in total. The summed E-state index contributed by atoms with van der Waals surface area (Å²) in [7, 11) is 0. The summed E-state index contributed by atoms with van der Waals surface area (Å²) in [5.74, 6) is -2.79. The molecular weight excluding hydrogens is 268 g/mol. The molecule has 0 saturated carbocycles. The number of alkyl halides is 3. The van der Waals surface area contributed by atoms with Crippen molar-refractivity contribution in [2.45, 2.75) is 6.18 Å². The van der Waals surface area contributed by atoms with Gasteiger partial charge in [0.1, 0.15) is 11.5 Å². The van der Waals surface area contributed by atoms with Gasteiger partial charge in [0.15, 0.2) is 0 Å². The molecule has 0 saturated heterocycles. The van der Waals surface area contributed by atoms with Gasteiger partial charge in [0.05, 0.1) is 11.8 Å². The van der Waals surface area contributed by atoms with Crippen molar-refractivity contribution in [3.05, 3.63) is 41.5 Å². The van der Waals surface area contributed by atoms with Crippen molar-refractivity contribution < 1.29 is 27.5 Å². The zero-order valence-corrected chi connectivity index (χ0v) is 9.12. The molecule has 0 fully saturated rings. The van der Waals surface area contributed by atoms with Crippen molar-refractivity contribution in [2.75, 3.05) is 0 Å². The lowest BCUT2D eigenvalue weighted by molar-refractivity contribution is -0.140. The molecule has 0 bridgehead atoms. The van der Waals surface area contributed by atoms with Gasteiger partial charge in [-0.3, -0.25) is 5.10 Å². The van der Waals surface area contributed by atoms with E-state index < -0.39 is 40.3 Å². The molecule has 1 aromatic heterocycles. The molecule has 2 rings (SSSR count). The van der Waals surface area contributed by atoms with Crippen LogP contribution in [0.15, 0.2) is 24.4 Å². The van der Waals surface area contributed by atoms with Crippen molar-refractivity contribution in [1.82, 2.24) is 10.2 Å². The molecule has 0 spiro atoms. The highest BCUT2D eigenvalue weighted by atomic mass is 19.4. The Morgan fingerprint density at radius 3 is 2.53 bits per heavy atom. The SMILES string of the molecule is O=C(O)c1cccc(-c2cn[nH]c2C(F)(F)F)c1F. The van der Waals surface area contributed by atoms with Crippen molar-refractivity contribution >= 4 is 5.97 Å². The lowest BCUT2D eigenvalue weighted by Gasteiger charge is -2.08. The minimum atomic E-state index is -4.74. The molecule has 2 aromatic rings. The van der Waals surface area contributed by atoms with Crippen molar-refractivity contribution in [2.24, 2.45) is 0 Å². The highest BCUT2D eigenvalue weighted by Crippen LogP contribution is 2.36. The average Bonchev–Trinajstić information content (AvgIpc) is 2.77. The Morgan fingerprint density at radius 2 is 1.95 bits per heavy atom.